The lowest BCUT2D eigenvalue weighted by molar-refractivity contribution is 0.703. The Balaban J connectivity index is 1.49. The van der Waals surface area contributed by atoms with E-state index in [1.54, 1.807) is 10.9 Å². The van der Waals surface area contributed by atoms with E-state index < -0.39 is 0 Å². The highest BCUT2D eigenvalue weighted by molar-refractivity contribution is 6.31. The number of aryl methyl sites for hydroxylation is 2. The molecule has 1 aromatic carbocycles. The monoisotopic (exact) mass is 405 g/mol. The number of benzene rings is 1. The molecule has 0 fully saturated rings. The van der Waals surface area contributed by atoms with Gasteiger partial charge in [-0.15, -0.1) is 0 Å². The molecule has 0 saturated carbocycles. The molecule has 1 aliphatic heterocycles. The SMILES string of the molecule is Cc1nc(N2CCc3ncc(Nc4ccnn4C)cc3C2)c2cc(Cl)ccc2n1. The predicted molar refractivity (Wildman–Crippen MR) is 115 cm³/mol. The number of aromatic nitrogens is 5. The fourth-order valence-electron chi connectivity index (χ4n) is 3.76. The van der Waals surface area contributed by atoms with Gasteiger partial charge in [-0.25, -0.2) is 9.97 Å². The molecule has 29 heavy (non-hydrogen) atoms. The van der Waals surface area contributed by atoms with E-state index in [0.29, 0.717) is 5.02 Å². The number of fused-ring (bicyclic) bond motifs is 2. The van der Waals surface area contributed by atoms with Crippen molar-refractivity contribution in [3.05, 3.63) is 64.8 Å². The number of halogens is 1. The van der Waals surface area contributed by atoms with E-state index >= 15 is 0 Å². The number of anilines is 3. The molecule has 0 saturated heterocycles. The molecular formula is C21H20ClN7. The summed E-state index contributed by atoms with van der Waals surface area (Å²) in [5, 5.41) is 9.24. The Morgan fingerprint density at radius 2 is 2.03 bits per heavy atom. The van der Waals surface area contributed by atoms with Crippen LogP contribution in [0, 0.1) is 6.92 Å². The van der Waals surface area contributed by atoms with Crippen molar-refractivity contribution < 1.29 is 0 Å². The van der Waals surface area contributed by atoms with E-state index in [0.717, 1.165) is 59.3 Å². The van der Waals surface area contributed by atoms with Crippen molar-refractivity contribution in [3.8, 4) is 0 Å². The van der Waals surface area contributed by atoms with Crippen molar-refractivity contribution in [2.75, 3.05) is 16.8 Å². The van der Waals surface area contributed by atoms with Crippen LogP contribution in [0.4, 0.5) is 17.3 Å². The van der Waals surface area contributed by atoms with E-state index in [4.69, 9.17) is 16.6 Å². The highest BCUT2D eigenvalue weighted by atomic mass is 35.5. The van der Waals surface area contributed by atoms with E-state index in [1.165, 1.54) is 5.56 Å². The molecule has 0 bridgehead atoms. The van der Waals surface area contributed by atoms with Crippen LogP contribution in [0.1, 0.15) is 17.1 Å². The van der Waals surface area contributed by atoms with Gasteiger partial charge in [-0.3, -0.25) is 9.67 Å². The highest BCUT2D eigenvalue weighted by Crippen LogP contribution is 2.31. The summed E-state index contributed by atoms with van der Waals surface area (Å²) in [4.78, 5) is 16.3. The van der Waals surface area contributed by atoms with Crippen molar-refractivity contribution in [3.63, 3.8) is 0 Å². The maximum Gasteiger partial charge on any atom is 0.140 e. The van der Waals surface area contributed by atoms with Crippen LogP contribution in [0.2, 0.25) is 5.02 Å². The van der Waals surface area contributed by atoms with Crippen molar-refractivity contribution in [1.82, 2.24) is 24.7 Å². The second-order valence-electron chi connectivity index (χ2n) is 7.22. The van der Waals surface area contributed by atoms with Crippen LogP contribution in [0.25, 0.3) is 10.9 Å². The van der Waals surface area contributed by atoms with E-state index in [1.807, 2.05) is 44.4 Å². The zero-order valence-corrected chi connectivity index (χ0v) is 17.0. The molecule has 0 atom stereocenters. The van der Waals surface area contributed by atoms with Gasteiger partial charge in [0.05, 0.1) is 23.6 Å². The zero-order valence-electron chi connectivity index (χ0n) is 16.2. The molecule has 5 rings (SSSR count). The molecule has 4 heterocycles. The first kappa shape index (κ1) is 17.9. The van der Waals surface area contributed by atoms with Gasteiger partial charge in [0.2, 0.25) is 0 Å². The van der Waals surface area contributed by atoms with E-state index in [9.17, 15) is 0 Å². The predicted octanol–water partition coefficient (Wildman–Crippen LogP) is 4.03. The Labute approximate surface area is 173 Å². The van der Waals surface area contributed by atoms with Crippen LogP contribution < -0.4 is 10.2 Å². The number of rotatable bonds is 3. The van der Waals surface area contributed by atoms with E-state index in [-0.39, 0.29) is 0 Å². The molecule has 3 aromatic heterocycles. The third kappa shape index (κ3) is 3.38. The zero-order chi connectivity index (χ0) is 20.0. The summed E-state index contributed by atoms with van der Waals surface area (Å²) in [6.07, 6.45) is 4.52. The van der Waals surface area contributed by atoms with Crippen molar-refractivity contribution in [1.29, 1.82) is 0 Å². The number of nitrogens with zero attached hydrogens (tertiary/aromatic N) is 6. The first-order valence-electron chi connectivity index (χ1n) is 9.48. The first-order chi connectivity index (χ1) is 14.1. The molecule has 4 aromatic rings. The molecule has 1 aliphatic rings. The summed E-state index contributed by atoms with van der Waals surface area (Å²) < 4.78 is 1.80. The van der Waals surface area contributed by atoms with Gasteiger partial charge >= 0.3 is 0 Å². The largest absolute Gasteiger partial charge is 0.351 e. The molecule has 0 aliphatic carbocycles. The Bertz CT molecular complexity index is 1220. The number of pyridine rings is 1. The third-order valence-electron chi connectivity index (χ3n) is 5.18. The topological polar surface area (TPSA) is 71.8 Å². The normalized spacial score (nSPS) is 13.6. The Kier molecular flexibility index (Phi) is 4.32. The average Bonchev–Trinajstić information content (AvgIpc) is 3.11. The van der Waals surface area contributed by atoms with Gasteiger partial charge in [-0.1, -0.05) is 11.6 Å². The Hall–Kier alpha value is -3.19. The smallest absolute Gasteiger partial charge is 0.140 e. The summed E-state index contributed by atoms with van der Waals surface area (Å²) in [5.74, 6) is 2.60. The fourth-order valence-corrected chi connectivity index (χ4v) is 3.93. The van der Waals surface area contributed by atoms with Crippen LogP contribution in [0.15, 0.2) is 42.7 Å². The molecule has 8 heteroatoms. The lowest BCUT2D eigenvalue weighted by atomic mass is 10.0. The molecule has 0 radical (unpaired) electrons. The van der Waals surface area contributed by atoms with Crippen molar-refractivity contribution in [2.45, 2.75) is 19.9 Å². The second-order valence-corrected chi connectivity index (χ2v) is 7.66. The minimum Gasteiger partial charge on any atom is -0.351 e. The van der Waals surface area contributed by atoms with Gasteiger partial charge in [0.15, 0.2) is 0 Å². The Morgan fingerprint density at radius 3 is 2.86 bits per heavy atom. The summed E-state index contributed by atoms with van der Waals surface area (Å²) in [6.45, 7) is 3.51. The maximum atomic E-state index is 6.25. The van der Waals surface area contributed by atoms with Gasteiger partial charge in [0, 0.05) is 48.7 Å². The third-order valence-corrected chi connectivity index (χ3v) is 5.42. The summed E-state index contributed by atoms with van der Waals surface area (Å²) >= 11 is 6.25. The summed E-state index contributed by atoms with van der Waals surface area (Å²) in [7, 11) is 1.91. The van der Waals surface area contributed by atoms with Crippen molar-refractivity contribution in [2.24, 2.45) is 7.05 Å². The molecule has 0 amide bonds. The van der Waals surface area contributed by atoms with Crippen LogP contribution in [0.3, 0.4) is 0 Å². The van der Waals surface area contributed by atoms with Gasteiger partial charge in [0.1, 0.15) is 17.5 Å². The lowest BCUT2D eigenvalue weighted by Crippen LogP contribution is -2.32. The minimum absolute atomic E-state index is 0.688. The van der Waals surface area contributed by atoms with Gasteiger partial charge in [-0.05, 0) is 36.8 Å². The molecule has 0 unspecified atom stereocenters. The summed E-state index contributed by atoms with van der Waals surface area (Å²) in [6, 6.07) is 9.85. The lowest BCUT2D eigenvalue weighted by Gasteiger charge is -2.30. The molecule has 0 spiro atoms. The van der Waals surface area contributed by atoms with Gasteiger partial charge in [0.25, 0.3) is 0 Å². The fraction of sp³-hybridized carbons (Fsp3) is 0.238. The van der Waals surface area contributed by atoms with Crippen molar-refractivity contribution >= 4 is 39.8 Å². The quantitative estimate of drug-likeness (QED) is 0.555. The second kappa shape index (κ2) is 7.00. The van der Waals surface area contributed by atoms with Crippen LogP contribution >= 0.6 is 11.6 Å². The summed E-state index contributed by atoms with van der Waals surface area (Å²) in [5.41, 5.74) is 4.17. The number of nitrogens with one attached hydrogen (secondary N) is 1. The highest BCUT2D eigenvalue weighted by Gasteiger charge is 2.21. The first-order valence-corrected chi connectivity index (χ1v) is 9.86. The van der Waals surface area contributed by atoms with Gasteiger partial charge < -0.3 is 10.2 Å². The number of hydrogen-bond acceptors (Lipinski definition) is 6. The minimum atomic E-state index is 0.688. The molecule has 1 N–H and O–H groups in total. The molecular weight excluding hydrogens is 386 g/mol. The molecule has 7 nitrogen and oxygen atoms in total. The van der Waals surface area contributed by atoms with Gasteiger partial charge in [-0.2, -0.15) is 5.10 Å². The van der Waals surface area contributed by atoms with Crippen LogP contribution in [0.5, 0.6) is 0 Å². The van der Waals surface area contributed by atoms with Crippen LogP contribution in [-0.2, 0) is 20.0 Å². The number of hydrogen-bond donors (Lipinski definition) is 1. The molecule has 146 valence electrons. The van der Waals surface area contributed by atoms with Crippen LogP contribution in [-0.4, -0.2) is 31.3 Å². The Morgan fingerprint density at radius 1 is 1.14 bits per heavy atom. The maximum absolute atomic E-state index is 6.25. The van der Waals surface area contributed by atoms with E-state index in [2.05, 4.69) is 31.3 Å². The average molecular weight is 406 g/mol. The standard InChI is InChI=1S/C21H20ClN7/c1-13-25-19-4-3-15(22)10-17(19)21(26-13)29-8-6-18-14(12-29)9-16(11-23-18)27-20-5-7-24-28(20)2/h3-5,7,9-11,27H,6,8,12H2,1-2H3.